The summed E-state index contributed by atoms with van der Waals surface area (Å²) in [5.74, 6) is -1.03. The maximum Gasteiger partial charge on any atom is 0.405 e. The van der Waals surface area contributed by atoms with E-state index in [1.807, 2.05) is 0 Å². The Hall–Kier alpha value is -1.56. The molecule has 0 radical (unpaired) electrons. The molecule has 116 valence electrons. The van der Waals surface area contributed by atoms with Gasteiger partial charge in [-0.15, -0.1) is 0 Å². The molecule has 0 heterocycles. The van der Waals surface area contributed by atoms with Gasteiger partial charge in [-0.3, -0.25) is 10.2 Å². The zero-order chi connectivity index (χ0) is 15.3. The summed E-state index contributed by atoms with van der Waals surface area (Å²) in [6, 6.07) is 6.49. The lowest BCUT2D eigenvalue weighted by atomic mass is 9.84. The maximum absolute atomic E-state index is 13.1. The Labute approximate surface area is 121 Å². The molecule has 2 rings (SSSR count). The van der Waals surface area contributed by atoms with Crippen molar-refractivity contribution in [2.45, 2.75) is 44.3 Å². The second kappa shape index (κ2) is 6.93. The lowest BCUT2D eigenvalue weighted by Crippen LogP contribution is -2.55. The van der Waals surface area contributed by atoms with Crippen molar-refractivity contribution in [3.8, 4) is 0 Å². The van der Waals surface area contributed by atoms with Crippen LogP contribution in [0.2, 0.25) is 0 Å². The van der Waals surface area contributed by atoms with Gasteiger partial charge >= 0.3 is 6.18 Å². The van der Waals surface area contributed by atoms with Gasteiger partial charge < -0.3 is 0 Å². The van der Waals surface area contributed by atoms with Crippen molar-refractivity contribution >= 4 is 5.91 Å². The first-order chi connectivity index (χ1) is 9.98. The minimum absolute atomic E-state index is 0.328. The summed E-state index contributed by atoms with van der Waals surface area (Å²) in [6.07, 6.45) is -0.683. The van der Waals surface area contributed by atoms with Gasteiger partial charge in [-0.2, -0.15) is 13.2 Å². The van der Waals surface area contributed by atoms with Crippen LogP contribution in [0, 0.1) is 5.92 Å². The van der Waals surface area contributed by atoms with Crippen molar-refractivity contribution in [3.63, 3.8) is 0 Å². The Bertz CT molecular complexity index is 456. The van der Waals surface area contributed by atoms with E-state index in [4.69, 9.17) is 0 Å². The van der Waals surface area contributed by atoms with Crippen LogP contribution >= 0.6 is 0 Å². The number of hydrazine groups is 1. The van der Waals surface area contributed by atoms with Crippen LogP contribution in [0.3, 0.4) is 0 Å². The maximum atomic E-state index is 13.1. The van der Waals surface area contributed by atoms with Crippen LogP contribution in [0.5, 0.6) is 0 Å². The Morgan fingerprint density at radius 3 is 2.29 bits per heavy atom. The fraction of sp³-hybridized carbons (Fsp3) is 0.533. The van der Waals surface area contributed by atoms with Crippen LogP contribution in [-0.4, -0.2) is 18.1 Å². The number of hydrogen-bond acceptors (Lipinski definition) is 2. The number of amides is 1. The average Bonchev–Trinajstić information content (AvgIpc) is 2.48. The molecule has 1 aliphatic carbocycles. The number of carbonyl (C=O) groups excluding carboxylic acids is 1. The molecule has 1 amide bonds. The zero-order valence-electron chi connectivity index (χ0n) is 11.6. The largest absolute Gasteiger partial charge is 0.405 e. The highest BCUT2D eigenvalue weighted by Crippen LogP contribution is 2.34. The molecule has 1 aliphatic rings. The highest BCUT2D eigenvalue weighted by atomic mass is 19.4. The number of hydrogen-bond donors (Lipinski definition) is 2. The fourth-order valence-electron chi connectivity index (χ4n) is 2.74. The first-order valence-corrected chi connectivity index (χ1v) is 7.16. The molecular weight excluding hydrogens is 281 g/mol. The van der Waals surface area contributed by atoms with Gasteiger partial charge in [0.2, 0.25) is 0 Å². The molecule has 6 heteroatoms. The van der Waals surface area contributed by atoms with Gasteiger partial charge in [0, 0.05) is 5.56 Å². The highest BCUT2D eigenvalue weighted by molar-refractivity contribution is 5.93. The smallest absolute Gasteiger partial charge is 0.287 e. The first kappa shape index (κ1) is 15.8. The van der Waals surface area contributed by atoms with E-state index in [9.17, 15) is 18.0 Å². The molecule has 21 heavy (non-hydrogen) atoms. The third kappa shape index (κ3) is 4.46. The van der Waals surface area contributed by atoms with E-state index >= 15 is 0 Å². The molecule has 1 fully saturated rings. The second-order valence-electron chi connectivity index (χ2n) is 5.38. The van der Waals surface area contributed by atoms with Crippen molar-refractivity contribution in [1.29, 1.82) is 0 Å². The molecule has 0 aromatic heterocycles. The van der Waals surface area contributed by atoms with Crippen LogP contribution < -0.4 is 10.9 Å². The number of halogens is 3. The van der Waals surface area contributed by atoms with Crippen molar-refractivity contribution in [1.82, 2.24) is 10.9 Å². The van der Waals surface area contributed by atoms with E-state index in [2.05, 4.69) is 10.9 Å². The van der Waals surface area contributed by atoms with Crippen LogP contribution in [0.15, 0.2) is 30.3 Å². The van der Waals surface area contributed by atoms with E-state index in [1.165, 1.54) is 0 Å². The standard InChI is InChI=1S/C15H19F3N2O/c16-15(17,18)13(11-7-3-1-4-8-11)19-20-14(21)12-9-5-2-6-10-12/h2,5-6,9-11,13,19H,1,3-4,7-8H2,(H,20,21). The Balaban J connectivity index is 1.97. The van der Waals surface area contributed by atoms with Gasteiger partial charge in [0.15, 0.2) is 0 Å². The second-order valence-corrected chi connectivity index (χ2v) is 5.38. The van der Waals surface area contributed by atoms with Crippen LogP contribution in [0.25, 0.3) is 0 Å². The molecule has 1 saturated carbocycles. The monoisotopic (exact) mass is 300 g/mol. The van der Waals surface area contributed by atoms with Gasteiger partial charge in [0.25, 0.3) is 5.91 Å². The van der Waals surface area contributed by atoms with Crippen molar-refractivity contribution in [2.75, 3.05) is 0 Å². The minimum atomic E-state index is -4.37. The summed E-state index contributed by atoms with van der Waals surface area (Å²) in [7, 11) is 0. The van der Waals surface area contributed by atoms with Crippen LogP contribution in [0.4, 0.5) is 13.2 Å². The summed E-state index contributed by atoms with van der Waals surface area (Å²) < 4.78 is 39.4. The van der Waals surface area contributed by atoms with Crippen molar-refractivity contribution in [3.05, 3.63) is 35.9 Å². The normalized spacial score (nSPS) is 18.2. The molecule has 2 N–H and O–H groups in total. The fourth-order valence-corrected chi connectivity index (χ4v) is 2.74. The molecule has 3 nitrogen and oxygen atoms in total. The number of benzene rings is 1. The Kier molecular flexibility index (Phi) is 5.22. The van der Waals surface area contributed by atoms with Crippen molar-refractivity contribution in [2.24, 2.45) is 5.92 Å². The quantitative estimate of drug-likeness (QED) is 0.836. The van der Waals surface area contributed by atoms with Crippen molar-refractivity contribution < 1.29 is 18.0 Å². The third-order valence-electron chi connectivity index (χ3n) is 3.85. The topological polar surface area (TPSA) is 41.1 Å². The van der Waals surface area contributed by atoms with Gasteiger partial charge in [-0.1, -0.05) is 37.5 Å². The summed E-state index contributed by atoms with van der Waals surface area (Å²) in [6.45, 7) is 0. The van der Waals surface area contributed by atoms with E-state index in [0.717, 1.165) is 19.3 Å². The number of nitrogens with one attached hydrogen (secondary N) is 2. The van der Waals surface area contributed by atoms with E-state index in [-0.39, 0.29) is 0 Å². The van der Waals surface area contributed by atoms with Crippen LogP contribution in [0.1, 0.15) is 42.5 Å². The predicted octanol–water partition coefficient (Wildman–Crippen LogP) is 3.43. The molecule has 0 bridgehead atoms. The van der Waals surface area contributed by atoms with Gasteiger partial charge in [0.1, 0.15) is 6.04 Å². The lowest BCUT2D eigenvalue weighted by Gasteiger charge is -2.32. The third-order valence-corrected chi connectivity index (χ3v) is 3.85. The summed E-state index contributed by atoms with van der Waals surface area (Å²) in [5, 5.41) is 0. The number of carbonyl (C=O) groups is 1. The first-order valence-electron chi connectivity index (χ1n) is 7.16. The van der Waals surface area contributed by atoms with Crippen LogP contribution in [-0.2, 0) is 0 Å². The predicted molar refractivity (Wildman–Crippen MR) is 73.5 cm³/mol. The molecule has 1 aromatic carbocycles. The molecule has 0 saturated heterocycles. The van der Waals surface area contributed by atoms with Gasteiger partial charge in [0.05, 0.1) is 0 Å². The summed E-state index contributed by atoms with van der Waals surface area (Å²) in [5.41, 5.74) is 4.73. The SMILES string of the molecule is O=C(NNC(C1CCCCC1)C(F)(F)F)c1ccccc1. The van der Waals surface area contributed by atoms with E-state index in [1.54, 1.807) is 30.3 Å². The molecule has 1 aromatic rings. The molecule has 1 atom stereocenters. The van der Waals surface area contributed by atoms with Gasteiger partial charge in [-0.25, -0.2) is 5.43 Å². The number of rotatable bonds is 4. The number of alkyl halides is 3. The molecule has 0 spiro atoms. The Morgan fingerprint density at radius 1 is 1.10 bits per heavy atom. The molecule has 0 aliphatic heterocycles. The lowest BCUT2D eigenvalue weighted by molar-refractivity contribution is -0.172. The molecular formula is C15H19F3N2O. The van der Waals surface area contributed by atoms with Gasteiger partial charge in [-0.05, 0) is 30.9 Å². The summed E-state index contributed by atoms with van der Waals surface area (Å²) in [4.78, 5) is 11.8. The van der Waals surface area contributed by atoms with E-state index < -0.39 is 24.0 Å². The van der Waals surface area contributed by atoms with E-state index in [0.29, 0.717) is 18.4 Å². The summed E-state index contributed by atoms with van der Waals surface area (Å²) >= 11 is 0. The zero-order valence-corrected chi connectivity index (χ0v) is 11.6. The minimum Gasteiger partial charge on any atom is -0.287 e. The molecule has 1 unspecified atom stereocenters. The highest BCUT2D eigenvalue weighted by Gasteiger charge is 2.45. The Morgan fingerprint density at radius 2 is 1.71 bits per heavy atom. The average molecular weight is 300 g/mol.